The fourth-order valence-corrected chi connectivity index (χ4v) is 3.01. The lowest BCUT2D eigenvalue weighted by molar-refractivity contribution is 0.0162. The van der Waals surface area contributed by atoms with Crippen molar-refractivity contribution >= 4 is 11.6 Å². The van der Waals surface area contributed by atoms with E-state index in [0.717, 1.165) is 36.3 Å². The maximum atomic E-state index is 6.66. The lowest BCUT2D eigenvalue weighted by atomic mass is 9.90. The van der Waals surface area contributed by atoms with Crippen molar-refractivity contribution < 1.29 is 14.2 Å². The van der Waals surface area contributed by atoms with Gasteiger partial charge in [0.05, 0.1) is 25.2 Å². The normalized spacial score (nSPS) is 24.3. The number of aryl methyl sites for hydroxylation is 1. The minimum Gasteiger partial charge on any atom is -0.493 e. The van der Waals surface area contributed by atoms with E-state index in [1.807, 2.05) is 19.1 Å². The van der Waals surface area contributed by atoms with E-state index in [4.69, 9.17) is 25.8 Å². The van der Waals surface area contributed by atoms with Crippen molar-refractivity contribution in [2.24, 2.45) is 0 Å². The van der Waals surface area contributed by atoms with Crippen molar-refractivity contribution in [1.29, 1.82) is 0 Å². The Bertz CT molecular complexity index is 453. The molecule has 106 valence electrons. The van der Waals surface area contributed by atoms with Crippen molar-refractivity contribution in [1.82, 2.24) is 0 Å². The minimum absolute atomic E-state index is 0.185. The second kappa shape index (κ2) is 5.59. The smallest absolute Gasteiger partial charge is 0.161 e. The molecule has 2 unspecified atom stereocenters. The molecule has 0 aromatic heterocycles. The topological polar surface area (TPSA) is 27.7 Å². The Morgan fingerprint density at radius 3 is 2.42 bits per heavy atom. The quantitative estimate of drug-likeness (QED) is 0.786. The summed E-state index contributed by atoms with van der Waals surface area (Å²) in [5.74, 6) is 1.43. The largest absolute Gasteiger partial charge is 0.493 e. The average molecular weight is 285 g/mol. The second-order valence-corrected chi connectivity index (χ2v) is 5.63. The lowest BCUT2D eigenvalue weighted by Gasteiger charge is -2.30. The third kappa shape index (κ3) is 2.67. The van der Waals surface area contributed by atoms with Crippen LogP contribution in [0.25, 0.3) is 0 Å². The van der Waals surface area contributed by atoms with E-state index < -0.39 is 0 Å². The summed E-state index contributed by atoms with van der Waals surface area (Å²) in [6, 6.07) is 3.92. The number of hydrogen-bond acceptors (Lipinski definition) is 3. The Morgan fingerprint density at radius 2 is 1.89 bits per heavy atom. The molecule has 0 aliphatic carbocycles. The van der Waals surface area contributed by atoms with E-state index in [9.17, 15) is 0 Å². The molecule has 0 radical (unpaired) electrons. The predicted octanol–water partition coefficient (Wildman–Crippen LogP) is 3.86. The first-order chi connectivity index (χ1) is 9.01. The van der Waals surface area contributed by atoms with Gasteiger partial charge in [-0.3, -0.25) is 0 Å². The molecule has 1 saturated heterocycles. The zero-order valence-corrected chi connectivity index (χ0v) is 12.7. The zero-order chi connectivity index (χ0) is 14.0. The summed E-state index contributed by atoms with van der Waals surface area (Å²) in [6.07, 6.45) is 2.04. The summed E-state index contributed by atoms with van der Waals surface area (Å²) in [5.41, 5.74) is 1.84. The summed E-state index contributed by atoms with van der Waals surface area (Å²) in [4.78, 5) is 0. The van der Waals surface area contributed by atoms with Gasteiger partial charge in [0, 0.05) is 6.61 Å². The first-order valence-electron chi connectivity index (χ1n) is 6.52. The molecule has 0 spiro atoms. The molecule has 0 N–H and O–H groups in total. The van der Waals surface area contributed by atoms with Gasteiger partial charge in [-0.15, -0.1) is 11.6 Å². The molecule has 0 saturated carbocycles. The Labute approximate surface area is 119 Å². The number of rotatable bonds is 4. The van der Waals surface area contributed by atoms with Gasteiger partial charge in [0.2, 0.25) is 0 Å². The number of halogens is 1. The molecule has 1 aromatic rings. The highest BCUT2D eigenvalue weighted by Gasteiger charge is 2.39. The summed E-state index contributed by atoms with van der Waals surface area (Å²) >= 11 is 6.66. The predicted molar refractivity (Wildman–Crippen MR) is 76.5 cm³/mol. The van der Waals surface area contributed by atoms with Crippen LogP contribution in [0, 0.1) is 6.92 Å². The molecule has 4 heteroatoms. The molecule has 0 amide bonds. The first kappa shape index (κ1) is 14.5. The van der Waals surface area contributed by atoms with E-state index in [0.29, 0.717) is 5.75 Å². The van der Waals surface area contributed by atoms with Crippen LogP contribution in [0.3, 0.4) is 0 Å². The van der Waals surface area contributed by atoms with Crippen molar-refractivity contribution in [2.45, 2.75) is 37.7 Å². The molecule has 1 aliphatic heterocycles. The van der Waals surface area contributed by atoms with Crippen LogP contribution in [0.2, 0.25) is 0 Å². The van der Waals surface area contributed by atoms with Gasteiger partial charge in [0.15, 0.2) is 11.5 Å². The monoisotopic (exact) mass is 284 g/mol. The average Bonchev–Trinajstić information content (AvgIpc) is 2.85. The highest BCUT2D eigenvalue weighted by atomic mass is 35.5. The van der Waals surface area contributed by atoms with E-state index >= 15 is 0 Å². The molecule has 2 atom stereocenters. The molecule has 1 aromatic carbocycles. The van der Waals surface area contributed by atoms with Gasteiger partial charge in [-0.25, -0.2) is 0 Å². The number of ether oxygens (including phenoxy) is 3. The molecular weight excluding hydrogens is 264 g/mol. The van der Waals surface area contributed by atoms with Crippen LogP contribution in [-0.4, -0.2) is 26.4 Å². The third-order valence-electron chi connectivity index (χ3n) is 3.83. The van der Waals surface area contributed by atoms with Crippen molar-refractivity contribution in [3.8, 4) is 11.5 Å². The Morgan fingerprint density at radius 1 is 1.26 bits per heavy atom. The molecular formula is C15H21ClO3. The Hall–Kier alpha value is -0.930. The van der Waals surface area contributed by atoms with Crippen LogP contribution in [0.4, 0.5) is 0 Å². The SMILES string of the molecule is COc1cc(C)c(C(Cl)C2(C)CCCO2)cc1OC. The minimum atomic E-state index is -0.300. The van der Waals surface area contributed by atoms with Gasteiger partial charge in [-0.2, -0.15) is 0 Å². The van der Waals surface area contributed by atoms with Crippen molar-refractivity contribution in [3.05, 3.63) is 23.3 Å². The summed E-state index contributed by atoms with van der Waals surface area (Å²) in [7, 11) is 3.27. The maximum Gasteiger partial charge on any atom is 0.161 e. The van der Waals surface area contributed by atoms with Crippen molar-refractivity contribution in [3.63, 3.8) is 0 Å². The highest BCUT2D eigenvalue weighted by molar-refractivity contribution is 6.21. The van der Waals surface area contributed by atoms with Gasteiger partial charge in [-0.05, 0) is 49.9 Å². The number of hydrogen-bond donors (Lipinski definition) is 0. The van der Waals surface area contributed by atoms with Gasteiger partial charge in [0.25, 0.3) is 0 Å². The first-order valence-corrected chi connectivity index (χ1v) is 6.96. The summed E-state index contributed by atoms with van der Waals surface area (Å²) in [5, 5.41) is -0.185. The van der Waals surface area contributed by atoms with Crippen LogP contribution in [0.1, 0.15) is 36.3 Å². The van der Waals surface area contributed by atoms with Crippen LogP contribution in [0.15, 0.2) is 12.1 Å². The fourth-order valence-electron chi connectivity index (χ4n) is 2.60. The molecule has 1 heterocycles. The van der Waals surface area contributed by atoms with E-state index in [1.54, 1.807) is 14.2 Å². The van der Waals surface area contributed by atoms with Crippen LogP contribution in [0.5, 0.6) is 11.5 Å². The summed E-state index contributed by atoms with van der Waals surface area (Å²) < 4.78 is 16.5. The van der Waals surface area contributed by atoms with E-state index in [-0.39, 0.29) is 11.0 Å². The Balaban J connectivity index is 2.38. The van der Waals surface area contributed by atoms with Crippen LogP contribution in [-0.2, 0) is 4.74 Å². The van der Waals surface area contributed by atoms with Crippen molar-refractivity contribution in [2.75, 3.05) is 20.8 Å². The standard InChI is InChI=1S/C15H21ClO3/c1-10-8-12(17-3)13(18-4)9-11(10)14(16)15(2)6-5-7-19-15/h8-9,14H,5-7H2,1-4H3. The second-order valence-electron chi connectivity index (χ2n) is 5.19. The lowest BCUT2D eigenvalue weighted by Crippen LogP contribution is -2.29. The molecule has 19 heavy (non-hydrogen) atoms. The molecule has 1 aliphatic rings. The fraction of sp³-hybridized carbons (Fsp3) is 0.600. The van der Waals surface area contributed by atoms with Gasteiger partial charge in [0.1, 0.15) is 0 Å². The maximum absolute atomic E-state index is 6.66. The number of methoxy groups -OCH3 is 2. The number of alkyl halides is 1. The van der Waals surface area contributed by atoms with Gasteiger partial charge >= 0.3 is 0 Å². The van der Waals surface area contributed by atoms with Gasteiger partial charge in [-0.1, -0.05) is 0 Å². The molecule has 2 rings (SSSR count). The van der Waals surface area contributed by atoms with Crippen LogP contribution < -0.4 is 9.47 Å². The Kier molecular flexibility index (Phi) is 4.26. The zero-order valence-electron chi connectivity index (χ0n) is 12.0. The van der Waals surface area contributed by atoms with E-state index in [2.05, 4.69) is 6.92 Å². The van der Waals surface area contributed by atoms with E-state index in [1.165, 1.54) is 0 Å². The van der Waals surface area contributed by atoms with Gasteiger partial charge < -0.3 is 14.2 Å². The third-order valence-corrected chi connectivity index (χ3v) is 4.53. The molecule has 1 fully saturated rings. The molecule has 0 bridgehead atoms. The highest BCUT2D eigenvalue weighted by Crippen LogP contribution is 2.45. The number of benzene rings is 1. The molecule has 3 nitrogen and oxygen atoms in total. The summed E-state index contributed by atoms with van der Waals surface area (Å²) in [6.45, 7) is 4.89. The van der Waals surface area contributed by atoms with Crippen LogP contribution >= 0.6 is 11.6 Å².